The van der Waals surface area contributed by atoms with Gasteiger partial charge >= 0.3 is 0 Å². The lowest BCUT2D eigenvalue weighted by molar-refractivity contribution is 1.18. The fourth-order valence-corrected chi connectivity index (χ4v) is 11.3. The van der Waals surface area contributed by atoms with Crippen molar-refractivity contribution in [2.75, 3.05) is 4.90 Å². The molecule has 0 aliphatic rings. The zero-order chi connectivity index (χ0) is 48.2. The Bertz CT molecular complexity index is 4170. The highest BCUT2D eigenvalue weighted by molar-refractivity contribution is 6.12. The van der Waals surface area contributed by atoms with E-state index in [1.165, 1.54) is 71.1 Å². The summed E-state index contributed by atoms with van der Waals surface area (Å²) in [6.07, 6.45) is 0. The number of rotatable bonds is 9. The third kappa shape index (κ3) is 7.29. The summed E-state index contributed by atoms with van der Waals surface area (Å²) in [5, 5.41) is 7.31. The Kier molecular flexibility index (Phi) is 10.2. The SMILES string of the molecule is c1ccc(-c2ccc(N(c3ccccc3)c3ccc(-c4cc(-c5ccc6c7ccccc7n(-c7ccccc7)c6c5)cc(-c5ccc6c7ccccc7n(-c7ccccc7)c6c5)c4)c4ccccc34)cc2)cc1. The van der Waals surface area contributed by atoms with E-state index < -0.39 is 0 Å². The average molecular weight is 930 g/mol. The summed E-state index contributed by atoms with van der Waals surface area (Å²) in [6.45, 7) is 0. The molecule has 14 aromatic rings. The number of hydrogen-bond acceptors (Lipinski definition) is 1. The van der Waals surface area contributed by atoms with Gasteiger partial charge in [-0.25, -0.2) is 0 Å². The predicted molar refractivity (Wildman–Crippen MR) is 309 cm³/mol. The molecule has 0 unspecified atom stereocenters. The third-order valence-electron chi connectivity index (χ3n) is 14.7. The average Bonchev–Trinajstić information content (AvgIpc) is 3.99. The van der Waals surface area contributed by atoms with Crippen molar-refractivity contribution in [3.8, 4) is 55.9 Å². The molecular formula is C70H47N3. The minimum absolute atomic E-state index is 1.10. The Morgan fingerprint density at radius 3 is 1.16 bits per heavy atom. The van der Waals surface area contributed by atoms with E-state index in [0.29, 0.717) is 0 Å². The molecule has 0 saturated heterocycles. The van der Waals surface area contributed by atoms with E-state index >= 15 is 0 Å². The molecule has 0 amide bonds. The molecule has 73 heavy (non-hydrogen) atoms. The first kappa shape index (κ1) is 42.2. The number of anilines is 3. The highest BCUT2D eigenvalue weighted by atomic mass is 15.1. The Morgan fingerprint density at radius 2 is 0.616 bits per heavy atom. The molecule has 2 heterocycles. The molecule has 0 aliphatic carbocycles. The summed E-state index contributed by atoms with van der Waals surface area (Å²) < 4.78 is 4.82. The Hall–Kier alpha value is -9.70. The van der Waals surface area contributed by atoms with Crippen molar-refractivity contribution in [2.24, 2.45) is 0 Å². The molecule has 2 aromatic heterocycles. The van der Waals surface area contributed by atoms with E-state index in [1.807, 2.05) is 0 Å². The van der Waals surface area contributed by atoms with Gasteiger partial charge in [0.05, 0.1) is 27.8 Å². The molecule has 0 aliphatic heterocycles. The van der Waals surface area contributed by atoms with E-state index in [-0.39, 0.29) is 0 Å². The monoisotopic (exact) mass is 929 g/mol. The molecule has 14 rings (SSSR count). The van der Waals surface area contributed by atoms with Gasteiger partial charge in [0, 0.05) is 49.7 Å². The zero-order valence-corrected chi connectivity index (χ0v) is 40.0. The fourth-order valence-electron chi connectivity index (χ4n) is 11.3. The quantitative estimate of drug-likeness (QED) is 0.141. The van der Waals surface area contributed by atoms with Crippen molar-refractivity contribution in [1.29, 1.82) is 0 Å². The summed E-state index contributed by atoms with van der Waals surface area (Å²) in [5.41, 5.74) is 19.7. The van der Waals surface area contributed by atoms with E-state index in [9.17, 15) is 0 Å². The summed E-state index contributed by atoms with van der Waals surface area (Å²) in [5.74, 6) is 0. The molecule has 0 saturated carbocycles. The van der Waals surface area contributed by atoms with Crippen LogP contribution in [0.3, 0.4) is 0 Å². The highest BCUT2D eigenvalue weighted by Gasteiger charge is 2.20. The van der Waals surface area contributed by atoms with Crippen LogP contribution in [0.4, 0.5) is 17.1 Å². The van der Waals surface area contributed by atoms with Gasteiger partial charge in [0.15, 0.2) is 0 Å². The summed E-state index contributed by atoms with van der Waals surface area (Å²) in [7, 11) is 0. The van der Waals surface area contributed by atoms with Gasteiger partial charge in [-0.15, -0.1) is 0 Å². The lowest BCUT2D eigenvalue weighted by atomic mass is 9.90. The first-order valence-electron chi connectivity index (χ1n) is 25.1. The molecule has 0 fully saturated rings. The smallest absolute Gasteiger partial charge is 0.0547 e. The van der Waals surface area contributed by atoms with Gasteiger partial charge in [0.25, 0.3) is 0 Å². The minimum Gasteiger partial charge on any atom is -0.310 e. The fraction of sp³-hybridized carbons (Fsp3) is 0. The van der Waals surface area contributed by atoms with Crippen molar-refractivity contribution in [3.05, 3.63) is 285 Å². The molecule has 12 aromatic carbocycles. The second-order valence-corrected chi connectivity index (χ2v) is 18.9. The molecule has 0 bridgehead atoms. The van der Waals surface area contributed by atoms with Crippen LogP contribution in [-0.4, -0.2) is 9.13 Å². The maximum absolute atomic E-state index is 2.41. The molecule has 3 nitrogen and oxygen atoms in total. The van der Waals surface area contributed by atoms with Crippen LogP contribution in [0.25, 0.3) is 110 Å². The van der Waals surface area contributed by atoms with Crippen molar-refractivity contribution >= 4 is 71.4 Å². The minimum atomic E-state index is 1.10. The number of aromatic nitrogens is 2. The molecule has 3 heteroatoms. The van der Waals surface area contributed by atoms with Crippen LogP contribution in [0.1, 0.15) is 0 Å². The van der Waals surface area contributed by atoms with Crippen molar-refractivity contribution in [1.82, 2.24) is 9.13 Å². The highest BCUT2D eigenvalue weighted by Crippen LogP contribution is 2.45. The van der Waals surface area contributed by atoms with Crippen molar-refractivity contribution < 1.29 is 0 Å². The normalized spacial score (nSPS) is 11.6. The van der Waals surface area contributed by atoms with Gasteiger partial charge < -0.3 is 14.0 Å². The van der Waals surface area contributed by atoms with Crippen LogP contribution >= 0.6 is 0 Å². The predicted octanol–water partition coefficient (Wildman–Crippen LogP) is 19.2. The van der Waals surface area contributed by atoms with Gasteiger partial charge in [-0.2, -0.15) is 0 Å². The lowest BCUT2D eigenvalue weighted by Gasteiger charge is -2.27. The van der Waals surface area contributed by atoms with Crippen molar-refractivity contribution in [2.45, 2.75) is 0 Å². The molecular weight excluding hydrogens is 883 g/mol. The van der Waals surface area contributed by atoms with Crippen LogP contribution in [0.2, 0.25) is 0 Å². The van der Waals surface area contributed by atoms with E-state index in [0.717, 1.165) is 56.3 Å². The summed E-state index contributed by atoms with van der Waals surface area (Å²) >= 11 is 0. The van der Waals surface area contributed by atoms with Crippen LogP contribution in [-0.2, 0) is 0 Å². The molecule has 0 atom stereocenters. The van der Waals surface area contributed by atoms with Gasteiger partial charge in [0.2, 0.25) is 0 Å². The molecule has 0 radical (unpaired) electrons. The zero-order valence-electron chi connectivity index (χ0n) is 40.0. The second kappa shape index (κ2) is 17.6. The van der Waals surface area contributed by atoms with E-state index in [1.54, 1.807) is 0 Å². The maximum atomic E-state index is 2.41. The van der Waals surface area contributed by atoms with Crippen LogP contribution < -0.4 is 4.90 Å². The number of hydrogen-bond donors (Lipinski definition) is 0. The Balaban J connectivity index is 0.984. The van der Waals surface area contributed by atoms with Crippen LogP contribution in [0.5, 0.6) is 0 Å². The summed E-state index contributed by atoms with van der Waals surface area (Å²) in [4.78, 5) is 2.39. The topological polar surface area (TPSA) is 13.1 Å². The Labute approximate surface area is 424 Å². The summed E-state index contributed by atoms with van der Waals surface area (Å²) in [6, 6.07) is 104. The third-order valence-corrected chi connectivity index (χ3v) is 14.7. The number of fused-ring (bicyclic) bond motifs is 7. The second-order valence-electron chi connectivity index (χ2n) is 18.9. The molecule has 0 spiro atoms. The van der Waals surface area contributed by atoms with Gasteiger partial charge in [0.1, 0.15) is 0 Å². The molecule has 0 N–H and O–H groups in total. The first-order chi connectivity index (χ1) is 36.2. The molecule has 342 valence electrons. The van der Waals surface area contributed by atoms with Crippen LogP contribution in [0, 0.1) is 0 Å². The number of benzene rings is 12. The van der Waals surface area contributed by atoms with E-state index in [2.05, 4.69) is 299 Å². The maximum Gasteiger partial charge on any atom is 0.0547 e. The van der Waals surface area contributed by atoms with Crippen molar-refractivity contribution in [3.63, 3.8) is 0 Å². The van der Waals surface area contributed by atoms with Gasteiger partial charge in [-0.3, -0.25) is 0 Å². The van der Waals surface area contributed by atoms with Gasteiger partial charge in [-0.05, 0) is 147 Å². The standard InChI is InChI=1S/C70H47N3/c1-5-19-48(20-6-1)49-33-37-58(38-34-49)71(55-21-7-2-8-22-55)68-42-41-59(60-27-13-14-28-61(60)68)54-44-52(50-35-39-64-62-29-15-17-31-66(62)72(69(64)46-50)56-23-9-3-10-24-56)43-53(45-54)51-36-40-65-63-30-16-18-32-67(63)73(70(65)47-51)57-25-11-4-12-26-57/h1-47H. The Morgan fingerprint density at radius 1 is 0.219 bits per heavy atom. The largest absolute Gasteiger partial charge is 0.310 e. The number of para-hydroxylation sites is 5. The van der Waals surface area contributed by atoms with Gasteiger partial charge in [-0.1, -0.05) is 188 Å². The first-order valence-corrected chi connectivity index (χ1v) is 25.1. The number of nitrogens with zero attached hydrogens (tertiary/aromatic N) is 3. The van der Waals surface area contributed by atoms with Crippen LogP contribution in [0.15, 0.2) is 285 Å². The lowest BCUT2D eigenvalue weighted by Crippen LogP contribution is -2.10. The van der Waals surface area contributed by atoms with E-state index in [4.69, 9.17) is 0 Å².